The molecule has 1 fully saturated rings. The maximum absolute atomic E-state index is 12.6. The molecule has 0 bridgehead atoms. The molecule has 2 amide bonds. The number of imide groups is 1. The summed E-state index contributed by atoms with van der Waals surface area (Å²) in [6.45, 7) is 3.38. The van der Waals surface area contributed by atoms with E-state index in [0.29, 0.717) is 11.1 Å². The number of hydrogen-bond donors (Lipinski definition) is 3. The molecule has 0 saturated carbocycles. The molecule has 7 heteroatoms. The normalized spacial score (nSPS) is 32.3. The van der Waals surface area contributed by atoms with Gasteiger partial charge in [-0.3, -0.25) is 24.5 Å². The third kappa shape index (κ3) is 1.45. The number of carbonyl (C=O) groups excluding carboxylic acids is 4. The number of allylic oxidation sites excluding steroid dienone is 2. The Balaban J connectivity index is 2.26. The van der Waals surface area contributed by atoms with Gasteiger partial charge in [-0.2, -0.15) is 0 Å². The molecule has 1 heterocycles. The van der Waals surface area contributed by atoms with Gasteiger partial charge in [0.2, 0.25) is 11.8 Å². The lowest BCUT2D eigenvalue weighted by molar-refractivity contribution is -0.127. The summed E-state index contributed by atoms with van der Waals surface area (Å²) >= 11 is 0. The van der Waals surface area contributed by atoms with Gasteiger partial charge in [0.15, 0.2) is 11.6 Å². The molecular formula is C16H19N3O4. The first-order valence-electron chi connectivity index (χ1n) is 7.68. The van der Waals surface area contributed by atoms with Gasteiger partial charge < -0.3 is 11.5 Å². The van der Waals surface area contributed by atoms with Crippen molar-refractivity contribution in [2.24, 2.45) is 22.3 Å². The highest BCUT2D eigenvalue weighted by molar-refractivity contribution is 6.18. The highest BCUT2D eigenvalue weighted by atomic mass is 16.2. The Kier molecular flexibility index (Phi) is 3.05. The largest absolute Gasteiger partial charge is 0.401 e. The summed E-state index contributed by atoms with van der Waals surface area (Å²) in [5.41, 5.74) is 10.3. The zero-order valence-electron chi connectivity index (χ0n) is 13.1. The van der Waals surface area contributed by atoms with Crippen LogP contribution in [0.1, 0.15) is 39.5 Å². The van der Waals surface area contributed by atoms with Crippen LogP contribution < -0.4 is 16.8 Å². The Labute approximate surface area is 133 Å². The number of carbonyl (C=O) groups is 4. The summed E-state index contributed by atoms with van der Waals surface area (Å²) in [5.74, 6) is -1.54. The SMILES string of the molecule is CCC(=O)C1=C(N)C23CC(C(=O)CC)=C(N)C2(C1)C(=O)NC3=O. The molecule has 3 aliphatic rings. The number of Topliss-reactive ketones (excluding diaryl/α,β-unsaturated/α-hetero) is 2. The van der Waals surface area contributed by atoms with E-state index in [2.05, 4.69) is 5.32 Å². The highest BCUT2D eigenvalue weighted by Crippen LogP contribution is 2.67. The predicted molar refractivity (Wildman–Crippen MR) is 80.3 cm³/mol. The minimum atomic E-state index is -1.42. The van der Waals surface area contributed by atoms with Crippen LogP contribution in [0.15, 0.2) is 22.5 Å². The maximum atomic E-state index is 12.6. The molecule has 0 aromatic rings. The third-order valence-corrected chi connectivity index (χ3v) is 5.50. The molecule has 122 valence electrons. The lowest BCUT2D eigenvalue weighted by atomic mass is 9.67. The maximum Gasteiger partial charge on any atom is 0.240 e. The smallest absolute Gasteiger partial charge is 0.240 e. The highest BCUT2D eigenvalue weighted by Gasteiger charge is 2.76. The van der Waals surface area contributed by atoms with E-state index in [-0.39, 0.29) is 48.6 Å². The standard InChI is InChI=1S/C16H19N3O4/c1-3-9(20)7-5-15-12(18)8(10(21)4-2)6-16(15,11(7)17)14(23)19-13(15)22/h3-6,17-18H2,1-2H3,(H,19,22,23). The van der Waals surface area contributed by atoms with Gasteiger partial charge in [-0.15, -0.1) is 0 Å². The molecule has 23 heavy (non-hydrogen) atoms. The first-order chi connectivity index (χ1) is 10.8. The Morgan fingerprint density at radius 3 is 1.57 bits per heavy atom. The molecule has 0 aromatic carbocycles. The fourth-order valence-corrected chi connectivity index (χ4v) is 4.22. The average Bonchev–Trinajstić information content (AvgIpc) is 3.04. The van der Waals surface area contributed by atoms with Crippen molar-refractivity contribution in [3.8, 4) is 0 Å². The van der Waals surface area contributed by atoms with Gasteiger partial charge in [-0.1, -0.05) is 13.8 Å². The van der Waals surface area contributed by atoms with Crippen LogP contribution in [0.4, 0.5) is 0 Å². The number of amides is 2. The summed E-state index contributed by atoms with van der Waals surface area (Å²) in [5, 5.41) is 2.29. The second kappa shape index (κ2) is 4.53. The summed E-state index contributed by atoms with van der Waals surface area (Å²) in [4.78, 5) is 49.5. The average molecular weight is 317 g/mol. The molecule has 7 nitrogen and oxygen atoms in total. The van der Waals surface area contributed by atoms with Crippen molar-refractivity contribution in [1.29, 1.82) is 0 Å². The minimum Gasteiger partial charge on any atom is -0.401 e. The van der Waals surface area contributed by atoms with E-state index < -0.39 is 22.6 Å². The molecule has 1 aliphatic heterocycles. The number of rotatable bonds is 4. The molecule has 0 aromatic heterocycles. The van der Waals surface area contributed by atoms with Gasteiger partial charge in [-0.05, 0) is 12.8 Å². The van der Waals surface area contributed by atoms with E-state index in [4.69, 9.17) is 11.5 Å². The first kappa shape index (κ1) is 15.5. The van der Waals surface area contributed by atoms with Crippen molar-refractivity contribution in [2.45, 2.75) is 39.5 Å². The van der Waals surface area contributed by atoms with E-state index in [1.165, 1.54) is 0 Å². The van der Waals surface area contributed by atoms with Gasteiger partial charge >= 0.3 is 0 Å². The number of nitrogens with two attached hydrogens (primary N) is 2. The van der Waals surface area contributed by atoms with Crippen LogP contribution in [0.5, 0.6) is 0 Å². The Morgan fingerprint density at radius 1 is 0.913 bits per heavy atom. The van der Waals surface area contributed by atoms with Crippen LogP contribution in [0, 0.1) is 10.8 Å². The molecule has 0 spiro atoms. The van der Waals surface area contributed by atoms with Crippen molar-refractivity contribution >= 4 is 23.4 Å². The zero-order valence-corrected chi connectivity index (χ0v) is 13.1. The molecular weight excluding hydrogens is 298 g/mol. The Hall–Kier alpha value is -2.44. The van der Waals surface area contributed by atoms with Crippen LogP contribution in [0.25, 0.3) is 0 Å². The van der Waals surface area contributed by atoms with Crippen LogP contribution >= 0.6 is 0 Å². The summed E-state index contributed by atoms with van der Waals surface area (Å²) < 4.78 is 0. The third-order valence-electron chi connectivity index (χ3n) is 5.50. The number of nitrogens with one attached hydrogen (secondary N) is 1. The van der Waals surface area contributed by atoms with Gasteiger partial charge in [-0.25, -0.2) is 0 Å². The number of hydrogen-bond acceptors (Lipinski definition) is 6. The van der Waals surface area contributed by atoms with Crippen molar-refractivity contribution in [2.75, 3.05) is 0 Å². The van der Waals surface area contributed by atoms with E-state index >= 15 is 0 Å². The van der Waals surface area contributed by atoms with Gasteiger partial charge in [0.25, 0.3) is 0 Å². The molecule has 2 unspecified atom stereocenters. The molecule has 5 N–H and O–H groups in total. The van der Waals surface area contributed by atoms with Gasteiger partial charge in [0, 0.05) is 35.4 Å². The fraction of sp³-hybridized carbons (Fsp3) is 0.500. The van der Waals surface area contributed by atoms with Gasteiger partial charge in [0.05, 0.1) is 0 Å². The molecule has 2 atom stereocenters. The van der Waals surface area contributed by atoms with Crippen molar-refractivity contribution in [3.05, 3.63) is 22.5 Å². The minimum absolute atomic E-state index is 0.0184. The fourth-order valence-electron chi connectivity index (χ4n) is 4.22. The van der Waals surface area contributed by atoms with Crippen LogP contribution in [0.2, 0.25) is 0 Å². The quantitative estimate of drug-likeness (QED) is 0.615. The monoisotopic (exact) mass is 317 g/mol. The van der Waals surface area contributed by atoms with Crippen LogP contribution in [-0.2, 0) is 19.2 Å². The zero-order chi connectivity index (χ0) is 17.2. The lowest BCUT2D eigenvalue weighted by Gasteiger charge is -2.31. The Bertz CT molecular complexity index is 686. The van der Waals surface area contributed by atoms with E-state index in [1.807, 2.05) is 0 Å². The van der Waals surface area contributed by atoms with Crippen molar-refractivity contribution in [3.63, 3.8) is 0 Å². The van der Waals surface area contributed by atoms with E-state index in [0.717, 1.165) is 0 Å². The van der Waals surface area contributed by atoms with E-state index in [9.17, 15) is 19.2 Å². The molecule has 3 rings (SSSR count). The van der Waals surface area contributed by atoms with Crippen molar-refractivity contribution < 1.29 is 19.2 Å². The van der Waals surface area contributed by atoms with Gasteiger partial charge in [0.1, 0.15) is 10.8 Å². The summed E-state index contributed by atoms with van der Waals surface area (Å²) in [6.07, 6.45) is 0.412. The Morgan fingerprint density at radius 2 is 1.26 bits per heavy atom. The first-order valence-corrected chi connectivity index (χ1v) is 7.68. The molecule has 0 radical (unpaired) electrons. The summed E-state index contributed by atoms with van der Waals surface area (Å²) in [6, 6.07) is 0. The second-order valence-electron chi connectivity index (χ2n) is 6.29. The van der Waals surface area contributed by atoms with Crippen LogP contribution in [0.3, 0.4) is 0 Å². The molecule has 2 aliphatic carbocycles. The predicted octanol–water partition coefficient (Wildman–Crippen LogP) is -0.193. The molecule has 1 saturated heterocycles. The van der Waals surface area contributed by atoms with Crippen molar-refractivity contribution in [1.82, 2.24) is 5.32 Å². The lowest BCUT2D eigenvalue weighted by Crippen LogP contribution is -2.43. The van der Waals surface area contributed by atoms with E-state index in [1.54, 1.807) is 13.8 Å². The van der Waals surface area contributed by atoms with Crippen LogP contribution in [-0.4, -0.2) is 23.4 Å². The summed E-state index contributed by atoms with van der Waals surface area (Å²) in [7, 11) is 0. The number of ketones is 2. The topological polar surface area (TPSA) is 132 Å². The second-order valence-corrected chi connectivity index (χ2v) is 6.29.